The Labute approximate surface area is 162 Å². The summed E-state index contributed by atoms with van der Waals surface area (Å²) in [5.41, 5.74) is 2.02. The van der Waals surface area contributed by atoms with Gasteiger partial charge in [-0.3, -0.25) is 14.4 Å². The van der Waals surface area contributed by atoms with Crippen molar-refractivity contribution in [2.45, 2.75) is 36.8 Å². The summed E-state index contributed by atoms with van der Waals surface area (Å²) in [5, 5.41) is 5.46. The van der Waals surface area contributed by atoms with Crippen molar-refractivity contribution >= 4 is 40.7 Å². The van der Waals surface area contributed by atoms with Gasteiger partial charge < -0.3 is 10.6 Å². The molecule has 0 spiro atoms. The molecule has 2 aromatic rings. The standard InChI is InChI=1S/C21H22N2O3S/c1-13(24)15-8-10-17(11-9-15)22-20(25)14(2)27-19-5-3-4-18(12-19)23-21(26)16-6-7-16/h3-5,8-12,14,16H,6-7H2,1-2H3,(H,22,25)(H,23,26). The highest BCUT2D eigenvalue weighted by atomic mass is 32.2. The number of benzene rings is 2. The highest BCUT2D eigenvalue weighted by molar-refractivity contribution is 8.00. The lowest BCUT2D eigenvalue weighted by atomic mass is 10.1. The van der Waals surface area contributed by atoms with E-state index in [1.807, 2.05) is 31.2 Å². The molecule has 2 aromatic carbocycles. The molecule has 3 rings (SSSR count). The Kier molecular flexibility index (Phi) is 5.96. The summed E-state index contributed by atoms with van der Waals surface area (Å²) in [7, 11) is 0. The molecule has 1 atom stereocenters. The number of nitrogens with one attached hydrogen (secondary N) is 2. The third-order valence-corrected chi connectivity index (χ3v) is 5.38. The lowest BCUT2D eigenvalue weighted by Crippen LogP contribution is -2.22. The molecule has 1 aliphatic rings. The lowest BCUT2D eigenvalue weighted by Gasteiger charge is -2.13. The summed E-state index contributed by atoms with van der Waals surface area (Å²) in [6.45, 7) is 3.34. The van der Waals surface area contributed by atoms with Crippen molar-refractivity contribution < 1.29 is 14.4 Å². The molecule has 27 heavy (non-hydrogen) atoms. The van der Waals surface area contributed by atoms with Crippen molar-refractivity contribution in [2.75, 3.05) is 10.6 Å². The van der Waals surface area contributed by atoms with Gasteiger partial charge >= 0.3 is 0 Å². The van der Waals surface area contributed by atoms with E-state index in [1.54, 1.807) is 24.3 Å². The van der Waals surface area contributed by atoms with E-state index in [9.17, 15) is 14.4 Å². The first-order valence-electron chi connectivity index (χ1n) is 8.92. The Morgan fingerprint density at radius 3 is 2.33 bits per heavy atom. The minimum atomic E-state index is -0.313. The van der Waals surface area contributed by atoms with E-state index >= 15 is 0 Å². The van der Waals surface area contributed by atoms with E-state index in [0.717, 1.165) is 23.4 Å². The molecule has 1 unspecified atom stereocenters. The summed E-state index contributed by atoms with van der Waals surface area (Å²) < 4.78 is 0. The summed E-state index contributed by atoms with van der Waals surface area (Å²) in [6.07, 6.45) is 1.93. The number of rotatable bonds is 7. The molecule has 0 heterocycles. The number of hydrogen-bond donors (Lipinski definition) is 2. The largest absolute Gasteiger partial charge is 0.326 e. The Bertz CT molecular complexity index is 860. The number of carbonyl (C=O) groups is 3. The van der Waals surface area contributed by atoms with Crippen molar-refractivity contribution in [1.29, 1.82) is 0 Å². The molecule has 2 N–H and O–H groups in total. The van der Waals surface area contributed by atoms with Gasteiger partial charge in [-0.2, -0.15) is 0 Å². The zero-order valence-electron chi connectivity index (χ0n) is 15.3. The second-order valence-electron chi connectivity index (χ2n) is 6.67. The Hall–Kier alpha value is -2.60. The van der Waals surface area contributed by atoms with Crippen LogP contribution < -0.4 is 10.6 Å². The van der Waals surface area contributed by atoms with Crippen molar-refractivity contribution in [3.05, 3.63) is 54.1 Å². The van der Waals surface area contributed by atoms with Crippen LogP contribution in [0.4, 0.5) is 11.4 Å². The molecule has 0 aliphatic heterocycles. The van der Waals surface area contributed by atoms with Crippen LogP contribution in [0, 0.1) is 5.92 Å². The van der Waals surface area contributed by atoms with Crippen molar-refractivity contribution in [2.24, 2.45) is 5.92 Å². The topological polar surface area (TPSA) is 75.3 Å². The van der Waals surface area contributed by atoms with Gasteiger partial charge in [-0.05, 0) is 69.2 Å². The minimum Gasteiger partial charge on any atom is -0.326 e. The number of thioether (sulfide) groups is 1. The maximum absolute atomic E-state index is 12.4. The summed E-state index contributed by atoms with van der Waals surface area (Å²) in [6, 6.07) is 14.4. The van der Waals surface area contributed by atoms with Crippen LogP contribution in [0.1, 0.15) is 37.0 Å². The molecule has 1 aliphatic carbocycles. The first-order chi connectivity index (χ1) is 12.9. The molecule has 0 radical (unpaired) electrons. The van der Waals surface area contributed by atoms with Gasteiger partial charge in [0.25, 0.3) is 0 Å². The van der Waals surface area contributed by atoms with Crippen molar-refractivity contribution in [1.82, 2.24) is 0 Å². The predicted molar refractivity (Wildman–Crippen MR) is 108 cm³/mol. The SMILES string of the molecule is CC(=O)c1ccc(NC(=O)C(C)Sc2cccc(NC(=O)C3CC3)c2)cc1. The van der Waals surface area contributed by atoms with Gasteiger partial charge in [-0.1, -0.05) is 6.07 Å². The van der Waals surface area contributed by atoms with Crippen LogP contribution >= 0.6 is 11.8 Å². The molecule has 1 saturated carbocycles. The van der Waals surface area contributed by atoms with E-state index in [4.69, 9.17) is 0 Å². The second-order valence-corrected chi connectivity index (χ2v) is 8.09. The Morgan fingerprint density at radius 1 is 1.00 bits per heavy atom. The molecule has 1 fully saturated rings. The molecule has 5 nitrogen and oxygen atoms in total. The monoisotopic (exact) mass is 382 g/mol. The zero-order valence-corrected chi connectivity index (χ0v) is 16.1. The van der Waals surface area contributed by atoms with Gasteiger partial charge in [0.1, 0.15) is 0 Å². The zero-order chi connectivity index (χ0) is 19.4. The van der Waals surface area contributed by atoms with Crippen LogP contribution in [0.3, 0.4) is 0 Å². The summed E-state index contributed by atoms with van der Waals surface area (Å²) >= 11 is 1.43. The number of ketones is 1. The maximum atomic E-state index is 12.4. The maximum Gasteiger partial charge on any atom is 0.237 e. The predicted octanol–water partition coefficient (Wildman–Crippen LogP) is 4.36. The van der Waals surface area contributed by atoms with Gasteiger partial charge in [0.05, 0.1) is 5.25 Å². The first kappa shape index (κ1) is 19.2. The number of carbonyl (C=O) groups excluding carboxylic acids is 3. The highest BCUT2D eigenvalue weighted by Crippen LogP contribution is 2.31. The van der Waals surface area contributed by atoms with Crippen molar-refractivity contribution in [3.63, 3.8) is 0 Å². The lowest BCUT2D eigenvalue weighted by molar-refractivity contribution is -0.117. The fourth-order valence-electron chi connectivity index (χ4n) is 2.53. The molecule has 0 saturated heterocycles. The van der Waals surface area contributed by atoms with Crippen LogP contribution in [0.2, 0.25) is 0 Å². The Morgan fingerprint density at radius 2 is 1.70 bits per heavy atom. The van der Waals surface area contributed by atoms with E-state index in [2.05, 4.69) is 10.6 Å². The van der Waals surface area contributed by atoms with Gasteiger partial charge in [-0.15, -0.1) is 11.8 Å². The summed E-state index contributed by atoms with van der Waals surface area (Å²) in [5.74, 6) is 0.0887. The second kappa shape index (κ2) is 8.39. The van der Waals surface area contributed by atoms with E-state index in [0.29, 0.717) is 11.3 Å². The van der Waals surface area contributed by atoms with E-state index < -0.39 is 0 Å². The molecule has 140 valence electrons. The van der Waals surface area contributed by atoms with Crippen LogP contribution in [0.15, 0.2) is 53.4 Å². The molecule has 0 aromatic heterocycles. The Balaban J connectivity index is 1.57. The molecule has 2 amide bonds. The number of hydrogen-bond acceptors (Lipinski definition) is 4. The van der Waals surface area contributed by atoms with E-state index in [-0.39, 0.29) is 28.8 Å². The number of anilines is 2. The fraction of sp³-hybridized carbons (Fsp3) is 0.286. The molecule has 0 bridgehead atoms. The number of amides is 2. The molecular formula is C21H22N2O3S. The third-order valence-electron chi connectivity index (χ3n) is 4.29. The first-order valence-corrected chi connectivity index (χ1v) is 9.80. The molecule has 6 heteroatoms. The smallest absolute Gasteiger partial charge is 0.237 e. The van der Waals surface area contributed by atoms with E-state index in [1.165, 1.54) is 18.7 Å². The van der Waals surface area contributed by atoms with Gasteiger partial charge in [0, 0.05) is 27.8 Å². The normalized spacial score (nSPS) is 14.3. The van der Waals surface area contributed by atoms with Crippen LogP contribution in [-0.4, -0.2) is 22.8 Å². The van der Waals surface area contributed by atoms with Crippen LogP contribution in [-0.2, 0) is 9.59 Å². The highest BCUT2D eigenvalue weighted by Gasteiger charge is 2.29. The van der Waals surface area contributed by atoms with Gasteiger partial charge in [0.2, 0.25) is 11.8 Å². The quantitative estimate of drug-likeness (QED) is 0.551. The average molecular weight is 382 g/mol. The summed E-state index contributed by atoms with van der Waals surface area (Å²) in [4.78, 5) is 36.5. The van der Waals surface area contributed by atoms with Crippen LogP contribution in [0.5, 0.6) is 0 Å². The van der Waals surface area contributed by atoms with Gasteiger partial charge in [-0.25, -0.2) is 0 Å². The van der Waals surface area contributed by atoms with Crippen LogP contribution in [0.25, 0.3) is 0 Å². The molecular weight excluding hydrogens is 360 g/mol. The third kappa shape index (κ3) is 5.44. The van der Waals surface area contributed by atoms with Crippen molar-refractivity contribution in [3.8, 4) is 0 Å². The minimum absolute atomic E-state index is 0.00883. The van der Waals surface area contributed by atoms with Gasteiger partial charge in [0.15, 0.2) is 5.78 Å². The average Bonchev–Trinajstić information content (AvgIpc) is 3.47. The fourth-order valence-corrected chi connectivity index (χ4v) is 3.45. The number of Topliss-reactive ketones (excluding diaryl/α,β-unsaturated/α-hetero) is 1.